The molecule has 1 heterocycles. The maximum atomic E-state index is 10.8. The summed E-state index contributed by atoms with van der Waals surface area (Å²) in [5, 5.41) is 11.6. The second-order valence-corrected chi connectivity index (χ2v) is 4.68. The van der Waals surface area contributed by atoms with E-state index in [9.17, 15) is 10.1 Å². The second-order valence-electron chi connectivity index (χ2n) is 3.42. The summed E-state index contributed by atoms with van der Waals surface area (Å²) in [7, 11) is 0. The van der Waals surface area contributed by atoms with E-state index in [1.165, 1.54) is 30.3 Å². The first kappa shape index (κ1) is 13.9. The molecule has 8 heteroatoms. The van der Waals surface area contributed by atoms with E-state index in [4.69, 9.17) is 39.5 Å². The van der Waals surface area contributed by atoms with Crippen LogP contribution >= 0.6 is 34.8 Å². The summed E-state index contributed by atoms with van der Waals surface area (Å²) < 4.78 is 5.31. The molecule has 1 aromatic heterocycles. The molecule has 0 radical (unpaired) electrons. The number of pyridine rings is 1. The number of hydrogen-bond acceptors (Lipinski definition) is 4. The number of aromatic nitrogens is 1. The van der Waals surface area contributed by atoms with Gasteiger partial charge >= 0.3 is 11.6 Å². The Morgan fingerprint density at radius 3 is 2.32 bits per heavy atom. The van der Waals surface area contributed by atoms with Crippen LogP contribution in [-0.4, -0.2) is 9.91 Å². The summed E-state index contributed by atoms with van der Waals surface area (Å²) in [5.74, 6) is 0.00574. The molecule has 0 atom stereocenters. The molecule has 0 saturated heterocycles. The van der Waals surface area contributed by atoms with Gasteiger partial charge in [-0.15, -0.1) is 0 Å². The van der Waals surface area contributed by atoms with Gasteiger partial charge in [0.15, 0.2) is 0 Å². The van der Waals surface area contributed by atoms with Crippen LogP contribution in [0.4, 0.5) is 5.69 Å². The van der Waals surface area contributed by atoms with E-state index in [0.29, 0.717) is 10.0 Å². The van der Waals surface area contributed by atoms with Crippen LogP contribution in [0.2, 0.25) is 15.2 Å². The molecule has 0 saturated carbocycles. The molecular formula is C11H5Cl3N2O3. The minimum Gasteiger partial charge on any atom is -0.434 e. The van der Waals surface area contributed by atoms with E-state index in [-0.39, 0.29) is 22.5 Å². The summed E-state index contributed by atoms with van der Waals surface area (Å²) in [5.41, 5.74) is -0.305. The molecule has 0 spiro atoms. The molecule has 0 unspecified atom stereocenters. The number of nitro groups is 1. The fourth-order valence-electron chi connectivity index (χ4n) is 1.32. The van der Waals surface area contributed by atoms with Gasteiger partial charge in [-0.3, -0.25) is 10.1 Å². The third-order valence-electron chi connectivity index (χ3n) is 2.05. The average Bonchev–Trinajstić information content (AvgIpc) is 2.26. The van der Waals surface area contributed by atoms with Gasteiger partial charge in [-0.25, -0.2) is 0 Å². The Morgan fingerprint density at radius 2 is 1.74 bits per heavy atom. The Bertz CT molecular complexity index is 629. The van der Waals surface area contributed by atoms with E-state index in [1.54, 1.807) is 0 Å². The predicted octanol–water partition coefficient (Wildman–Crippen LogP) is 4.74. The number of rotatable bonds is 3. The van der Waals surface area contributed by atoms with Crippen LogP contribution in [0, 0.1) is 10.1 Å². The quantitative estimate of drug-likeness (QED) is 0.465. The van der Waals surface area contributed by atoms with Crippen LogP contribution in [-0.2, 0) is 0 Å². The molecule has 0 aliphatic carbocycles. The lowest BCUT2D eigenvalue weighted by Gasteiger charge is -2.06. The fraction of sp³-hybridized carbons (Fsp3) is 0. The molecule has 1 aromatic carbocycles. The first-order valence-electron chi connectivity index (χ1n) is 4.90. The monoisotopic (exact) mass is 318 g/mol. The van der Waals surface area contributed by atoms with Gasteiger partial charge in [-0.2, -0.15) is 4.98 Å². The molecule has 0 aliphatic rings. The highest BCUT2D eigenvalue weighted by atomic mass is 35.5. The first-order chi connectivity index (χ1) is 8.95. The van der Waals surface area contributed by atoms with Crippen molar-refractivity contribution in [1.82, 2.24) is 4.98 Å². The number of nitrogens with zero attached hydrogens (tertiary/aromatic N) is 2. The highest BCUT2D eigenvalue weighted by Crippen LogP contribution is 2.33. The van der Waals surface area contributed by atoms with Gasteiger partial charge in [-0.05, 0) is 24.3 Å². The molecule has 2 aromatic rings. The van der Waals surface area contributed by atoms with Crippen LogP contribution in [0.1, 0.15) is 0 Å². The smallest absolute Gasteiger partial charge is 0.331 e. The molecule has 19 heavy (non-hydrogen) atoms. The molecule has 0 fully saturated rings. The van der Waals surface area contributed by atoms with Crippen LogP contribution in [0.25, 0.3) is 0 Å². The van der Waals surface area contributed by atoms with Gasteiger partial charge in [0.25, 0.3) is 0 Å². The van der Waals surface area contributed by atoms with E-state index in [2.05, 4.69) is 4.98 Å². The van der Waals surface area contributed by atoms with Crippen molar-refractivity contribution < 1.29 is 9.66 Å². The molecule has 0 N–H and O–H groups in total. The second kappa shape index (κ2) is 5.61. The maximum absolute atomic E-state index is 10.8. The first-order valence-corrected chi connectivity index (χ1v) is 6.04. The highest BCUT2D eigenvalue weighted by molar-refractivity contribution is 6.34. The van der Waals surface area contributed by atoms with Crippen molar-refractivity contribution in [3.63, 3.8) is 0 Å². The van der Waals surface area contributed by atoms with Crippen molar-refractivity contribution in [2.24, 2.45) is 0 Å². The van der Waals surface area contributed by atoms with Crippen LogP contribution in [0.3, 0.4) is 0 Å². The lowest BCUT2D eigenvalue weighted by molar-refractivity contribution is -0.386. The Balaban J connectivity index is 2.42. The fourth-order valence-corrected chi connectivity index (χ4v) is 1.97. The van der Waals surface area contributed by atoms with Crippen molar-refractivity contribution in [1.29, 1.82) is 0 Å². The van der Waals surface area contributed by atoms with Crippen LogP contribution < -0.4 is 4.74 Å². The van der Waals surface area contributed by atoms with Crippen molar-refractivity contribution in [2.75, 3.05) is 0 Å². The van der Waals surface area contributed by atoms with Crippen molar-refractivity contribution in [3.05, 3.63) is 55.6 Å². The number of benzene rings is 1. The summed E-state index contributed by atoms with van der Waals surface area (Å²) in [6.07, 6.45) is 0. The molecule has 0 bridgehead atoms. The minimum atomic E-state index is -0.620. The molecule has 0 aliphatic heterocycles. The van der Waals surface area contributed by atoms with Gasteiger partial charge in [0.1, 0.15) is 10.9 Å². The summed E-state index contributed by atoms with van der Waals surface area (Å²) >= 11 is 17.3. The third kappa shape index (κ3) is 3.47. The zero-order valence-corrected chi connectivity index (χ0v) is 11.4. The maximum Gasteiger partial charge on any atom is 0.331 e. The number of ether oxygens (including phenoxy) is 1. The van der Waals surface area contributed by atoms with E-state index >= 15 is 0 Å². The summed E-state index contributed by atoms with van der Waals surface area (Å²) in [6, 6.07) is 6.93. The van der Waals surface area contributed by atoms with Gasteiger partial charge in [0, 0.05) is 16.1 Å². The Labute approximate surface area is 122 Å². The van der Waals surface area contributed by atoms with Gasteiger partial charge in [-0.1, -0.05) is 34.8 Å². The highest BCUT2D eigenvalue weighted by Gasteiger charge is 2.18. The topological polar surface area (TPSA) is 65.3 Å². The lowest BCUT2D eigenvalue weighted by Crippen LogP contribution is -1.96. The van der Waals surface area contributed by atoms with E-state index in [1.807, 2.05) is 0 Å². The minimum absolute atomic E-state index is 0.0775. The standard InChI is InChI=1S/C11H5Cl3N2O3/c12-6-3-7(13)5-8(4-6)19-11-9(16(17)18)1-2-10(14)15-11/h1-5H. The number of halogens is 3. The van der Waals surface area contributed by atoms with Crippen molar-refractivity contribution in [2.45, 2.75) is 0 Å². The SMILES string of the molecule is O=[N+]([O-])c1ccc(Cl)nc1Oc1cc(Cl)cc(Cl)c1. The van der Waals surface area contributed by atoms with E-state index < -0.39 is 4.92 Å². The average molecular weight is 320 g/mol. The van der Waals surface area contributed by atoms with Crippen molar-refractivity contribution >= 4 is 40.5 Å². The molecule has 2 rings (SSSR count). The Kier molecular flexibility index (Phi) is 4.09. The third-order valence-corrected chi connectivity index (χ3v) is 2.70. The van der Waals surface area contributed by atoms with Gasteiger partial charge in [0.2, 0.25) is 0 Å². The van der Waals surface area contributed by atoms with Gasteiger partial charge in [0.05, 0.1) is 4.92 Å². The zero-order chi connectivity index (χ0) is 14.0. The Morgan fingerprint density at radius 1 is 1.11 bits per heavy atom. The summed E-state index contributed by atoms with van der Waals surface area (Å²) in [4.78, 5) is 14.0. The van der Waals surface area contributed by atoms with Crippen molar-refractivity contribution in [3.8, 4) is 11.6 Å². The summed E-state index contributed by atoms with van der Waals surface area (Å²) in [6.45, 7) is 0. The van der Waals surface area contributed by atoms with Crippen LogP contribution in [0.5, 0.6) is 11.6 Å². The molecule has 5 nitrogen and oxygen atoms in total. The van der Waals surface area contributed by atoms with Gasteiger partial charge < -0.3 is 4.74 Å². The van der Waals surface area contributed by atoms with E-state index in [0.717, 1.165) is 0 Å². The molecular weight excluding hydrogens is 314 g/mol. The predicted molar refractivity (Wildman–Crippen MR) is 72.4 cm³/mol. The largest absolute Gasteiger partial charge is 0.434 e. The normalized spacial score (nSPS) is 10.3. The number of hydrogen-bond donors (Lipinski definition) is 0. The molecule has 98 valence electrons. The Hall–Kier alpha value is -1.56. The zero-order valence-electron chi connectivity index (χ0n) is 9.14. The van der Waals surface area contributed by atoms with Crippen LogP contribution in [0.15, 0.2) is 30.3 Å². The lowest BCUT2D eigenvalue weighted by atomic mass is 10.3. The molecule has 0 amide bonds.